The van der Waals surface area contributed by atoms with Crippen molar-refractivity contribution in [1.29, 1.82) is 0 Å². The van der Waals surface area contributed by atoms with Crippen LogP contribution in [0.5, 0.6) is 0 Å². The Morgan fingerprint density at radius 2 is 1.79 bits per heavy atom. The molecule has 2 heterocycles. The molecular weight excluding hydrogens is 438 g/mol. The van der Waals surface area contributed by atoms with E-state index in [1.165, 1.54) is 18.4 Å². The Morgan fingerprint density at radius 3 is 2.42 bits per heavy atom. The highest BCUT2D eigenvalue weighted by molar-refractivity contribution is 7.89. The van der Waals surface area contributed by atoms with Gasteiger partial charge in [0.25, 0.3) is 5.91 Å². The minimum Gasteiger partial charge on any atom is -0.378 e. The lowest BCUT2D eigenvalue weighted by Gasteiger charge is -2.15. The van der Waals surface area contributed by atoms with Crippen LogP contribution in [0.2, 0.25) is 0 Å². The highest BCUT2D eigenvalue weighted by Crippen LogP contribution is 2.23. The van der Waals surface area contributed by atoms with Crippen LogP contribution in [0.3, 0.4) is 0 Å². The Bertz CT molecular complexity index is 1240. The molecule has 0 spiro atoms. The Labute approximate surface area is 195 Å². The van der Waals surface area contributed by atoms with Gasteiger partial charge in [-0.25, -0.2) is 17.7 Å². The van der Waals surface area contributed by atoms with E-state index in [9.17, 15) is 13.2 Å². The summed E-state index contributed by atoms with van der Waals surface area (Å²) in [7, 11) is -0.475. The van der Waals surface area contributed by atoms with Gasteiger partial charge in [-0.2, -0.15) is 0 Å². The van der Waals surface area contributed by atoms with Crippen molar-refractivity contribution in [2.75, 3.05) is 32.5 Å². The summed E-state index contributed by atoms with van der Waals surface area (Å²) in [6, 6.07) is 12.6. The molecule has 0 bridgehead atoms. The first-order valence-corrected chi connectivity index (χ1v) is 12.8. The predicted octanol–water partition coefficient (Wildman–Crippen LogP) is 3.54. The van der Waals surface area contributed by atoms with E-state index in [1.54, 1.807) is 12.1 Å². The second-order valence-corrected chi connectivity index (χ2v) is 10.7. The van der Waals surface area contributed by atoms with Gasteiger partial charge in [-0.05, 0) is 61.7 Å². The molecule has 33 heavy (non-hydrogen) atoms. The van der Waals surface area contributed by atoms with E-state index >= 15 is 0 Å². The number of carbonyl (C=O) groups is 1. The molecule has 0 atom stereocenters. The van der Waals surface area contributed by atoms with Crippen molar-refractivity contribution in [3.05, 3.63) is 53.9 Å². The molecule has 1 aromatic heterocycles. The van der Waals surface area contributed by atoms with Gasteiger partial charge in [0.15, 0.2) is 0 Å². The molecule has 1 N–H and O–H groups in total. The van der Waals surface area contributed by atoms with Crippen molar-refractivity contribution in [3.63, 3.8) is 0 Å². The van der Waals surface area contributed by atoms with Gasteiger partial charge >= 0.3 is 0 Å². The van der Waals surface area contributed by atoms with E-state index in [1.807, 2.05) is 35.2 Å². The maximum Gasteiger partial charge on any atom is 0.253 e. The zero-order valence-corrected chi connectivity index (χ0v) is 20.2. The number of nitrogens with zero attached hydrogens (tertiary/aromatic N) is 4. The van der Waals surface area contributed by atoms with Gasteiger partial charge in [-0.3, -0.25) is 4.79 Å². The Hall–Kier alpha value is -2.91. The monoisotopic (exact) mass is 469 g/mol. The topological polar surface area (TPSA) is 87.5 Å². The quantitative estimate of drug-likeness (QED) is 0.545. The summed E-state index contributed by atoms with van der Waals surface area (Å²) in [6.45, 7) is 5.05. The Morgan fingerprint density at radius 1 is 1.09 bits per heavy atom. The van der Waals surface area contributed by atoms with E-state index in [0.29, 0.717) is 17.6 Å². The van der Waals surface area contributed by atoms with E-state index < -0.39 is 10.0 Å². The SMILES string of the molecule is CCCn1c(CNc2ccc(C(=O)N3CCCC3)cc2)nc2cc(S(=O)(=O)N(C)C)ccc21. The molecule has 1 amide bonds. The molecule has 9 heteroatoms. The molecule has 4 rings (SSSR count). The van der Waals surface area contributed by atoms with Gasteiger partial charge in [0.2, 0.25) is 10.0 Å². The maximum absolute atomic E-state index is 12.5. The third kappa shape index (κ3) is 4.74. The molecule has 0 unspecified atom stereocenters. The number of hydrogen-bond acceptors (Lipinski definition) is 5. The van der Waals surface area contributed by atoms with Gasteiger partial charge < -0.3 is 14.8 Å². The lowest BCUT2D eigenvalue weighted by Crippen LogP contribution is -2.27. The third-order valence-electron chi connectivity index (χ3n) is 6.00. The molecule has 176 valence electrons. The van der Waals surface area contributed by atoms with Crippen molar-refractivity contribution in [2.24, 2.45) is 0 Å². The highest BCUT2D eigenvalue weighted by atomic mass is 32.2. The number of amides is 1. The second kappa shape index (κ2) is 9.52. The van der Waals surface area contributed by atoms with Crippen molar-refractivity contribution in [2.45, 2.75) is 44.2 Å². The van der Waals surface area contributed by atoms with E-state index in [0.717, 1.165) is 55.9 Å². The first kappa shape index (κ1) is 23.3. The average molecular weight is 470 g/mol. The fraction of sp³-hybridized carbons (Fsp3) is 0.417. The van der Waals surface area contributed by atoms with Crippen LogP contribution in [0.1, 0.15) is 42.4 Å². The van der Waals surface area contributed by atoms with Crippen LogP contribution in [0.4, 0.5) is 5.69 Å². The molecule has 8 nitrogen and oxygen atoms in total. The summed E-state index contributed by atoms with van der Waals surface area (Å²) in [4.78, 5) is 19.4. The lowest BCUT2D eigenvalue weighted by atomic mass is 10.2. The van der Waals surface area contributed by atoms with Crippen LogP contribution >= 0.6 is 0 Å². The minimum absolute atomic E-state index is 0.0901. The van der Waals surface area contributed by atoms with E-state index in [-0.39, 0.29) is 10.8 Å². The van der Waals surface area contributed by atoms with E-state index in [4.69, 9.17) is 4.98 Å². The number of benzene rings is 2. The predicted molar refractivity (Wildman–Crippen MR) is 130 cm³/mol. The van der Waals surface area contributed by atoms with Crippen molar-refractivity contribution in [1.82, 2.24) is 18.8 Å². The van der Waals surface area contributed by atoms with Gasteiger partial charge in [0.05, 0.1) is 22.5 Å². The Balaban J connectivity index is 1.54. The number of nitrogens with one attached hydrogen (secondary N) is 1. The van der Waals surface area contributed by atoms with Crippen molar-refractivity contribution < 1.29 is 13.2 Å². The molecule has 2 aromatic carbocycles. The molecule has 3 aromatic rings. The van der Waals surface area contributed by atoms with Crippen LogP contribution in [-0.2, 0) is 23.1 Å². The van der Waals surface area contributed by atoms with Crippen molar-refractivity contribution in [3.8, 4) is 0 Å². The largest absolute Gasteiger partial charge is 0.378 e. The normalized spacial score (nSPS) is 14.4. The van der Waals surface area contributed by atoms with Gasteiger partial charge in [-0.1, -0.05) is 6.92 Å². The van der Waals surface area contributed by atoms with Crippen LogP contribution in [0.25, 0.3) is 11.0 Å². The number of aromatic nitrogens is 2. The smallest absolute Gasteiger partial charge is 0.253 e. The van der Waals surface area contributed by atoms with Crippen LogP contribution in [-0.4, -0.2) is 60.3 Å². The summed E-state index contributed by atoms with van der Waals surface area (Å²) in [5.41, 5.74) is 3.18. The number of fused-ring (bicyclic) bond motifs is 1. The number of imidazole rings is 1. The highest BCUT2D eigenvalue weighted by Gasteiger charge is 2.20. The zero-order chi connectivity index (χ0) is 23.6. The Kier molecular flexibility index (Phi) is 6.71. The number of sulfonamides is 1. The average Bonchev–Trinajstić information content (AvgIpc) is 3.46. The number of anilines is 1. The van der Waals surface area contributed by atoms with Crippen LogP contribution < -0.4 is 5.32 Å². The lowest BCUT2D eigenvalue weighted by molar-refractivity contribution is 0.0793. The van der Waals surface area contributed by atoms with Crippen LogP contribution in [0.15, 0.2) is 47.4 Å². The molecule has 0 aliphatic carbocycles. The van der Waals surface area contributed by atoms with Gasteiger partial charge in [-0.15, -0.1) is 0 Å². The standard InChI is InChI=1S/C24H31N5O3S/c1-4-13-29-22-12-11-20(33(31,32)27(2)3)16-21(22)26-23(29)17-25-19-9-7-18(8-10-19)24(30)28-14-5-6-15-28/h7-12,16,25H,4-6,13-15,17H2,1-3H3. The second-order valence-electron chi connectivity index (χ2n) is 8.55. The number of aryl methyl sites for hydroxylation is 1. The summed E-state index contributed by atoms with van der Waals surface area (Å²) in [5, 5.41) is 3.38. The first-order valence-electron chi connectivity index (χ1n) is 11.4. The number of hydrogen-bond donors (Lipinski definition) is 1. The molecule has 0 radical (unpaired) electrons. The molecule has 1 fully saturated rings. The number of rotatable bonds is 8. The fourth-order valence-electron chi connectivity index (χ4n) is 4.15. The number of carbonyl (C=O) groups excluding carboxylic acids is 1. The van der Waals surface area contributed by atoms with E-state index in [2.05, 4.69) is 16.8 Å². The maximum atomic E-state index is 12.5. The van der Waals surface area contributed by atoms with Crippen molar-refractivity contribution >= 4 is 32.7 Å². The molecule has 0 saturated carbocycles. The zero-order valence-electron chi connectivity index (χ0n) is 19.4. The summed E-state index contributed by atoms with van der Waals surface area (Å²) in [6.07, 6.45) is 3.09. The van der Waals surface area contributed by atoms with Gasteiger partial charge in [0.1, 0.15) is 5.82 Å². The summed E-state index contributed by atoms with van der Waals surface area (Å²) in [5.74, 6) is 0.927. The summed E-state index contributed by atoms with van der Waals surface area (Å²) >= 11 is 0. The van der Waals surface area contributed by atoms with Crippen LogP contribution in [0, 0.1) is 0 Å². The minimum atomic E-state index is -3.52. The molecule has 1 saturated heterocycles. The molecular formula is C24H31N5O3S. The third-order valence-corrected chi connectivity index (χ3v) is 7.81. The van der Waals surface area contributed by atoms with Gasteiger partial charge in [0, 0.05) is 45.0 Å². The molecule has 1 aliphatic rings. The molecule has 1 aliphatic heterocycles. The first-order chi connectivity index (χ1) is 15.8. The fourth-order valence-corrected chi connectivity index (χ4v) is 5.08. The number of likely N-dealkylation sites (tertiary alicyclic amines) is 1. The summed E-state index contributed by atoms with van der Waals surface area (Å²) < 4.78 is 28.4.